The SMILES string of the molecule is CC(N)CCC(=O)NCC(C(C)C)N1CCCC1. The lowest BCUT2D eigenvalue weighted by Crippen LogP contribution is -2.45. The first-order valence-electron chi connectivity index (χ1n) is 7.27. The fourth-order valence-electron chi connectivity index (χ4n) is 2.53. The Labute approximate surface area is 111 Å². The summed E-state index contributed by atoms with van der Waals surface area (Å²) in [5.74, 6) is 0.717. The van der Waals surface area contributed by atoms with E-state index in [1.807, 2.05) is 6.92 Å². The van der Waals surface area contributed by atoms with Crippen LogP contribution < -0.4 is 11.1 Å². The molecule has 0 aromatic rings. The Kier molecular flexibility index (Phi) is 6.65. The first-order valence-corrected chi connectivity index (χ1v) is 7.27. The number of likely N-dealkylation sites (tertiary alicyclic amines) is 1. The van der Waals surface area contributed by atoms with Gasteiger partial charge in [0.05, 0.1) is 0 Å². The van der Waals surface area contributed by atoms with Gasteiger partial charge in [-0.15, -0.1) is 0 Å². The highest BCUT2D eigenvalue weighted by Gasteiger charge is 2.24. The number of hydrogen-bond donors (Lipinski definition) is 2. The van der Waals surface area contributed by atoms with E-state index in [0.717, 1.165) is 13.0 Å². The molecule has 0 aromatic heterocycles. The van der Waals surface area contributed by atoms with Gasteiger partial charge in [-0.3, -0.25) is 9.69 Å². The molecule has 2 unspecified atom stereocenters. The lowest BCUT2D eigenvalue weighted by Gasteiger charge is -2.31. The summed E-state index contributed by atoms with van der Waals surface area (Å²) in [4.78, 5) is 14.2. The second kappa shape index (κ2) is 7.74. The fourth-order valence-corrected chi connectivity index (χ4v) is 2.53. The third-order valence-electron chi connectivity index (χ3n) is 3.71. The van der Waals surface area contributed by atoms with Crippen LogP contribution >= 0.6 is 0 Å². The normalized spacial score (nSPS) is 20.1. The summed E-state index contributed by atoms with van der Waals surface area (Å²) in [5, 5.41) is 3.06. The van der Waals surface area contributed by atoms with Crippen LogP contribution in [0.2, 0.25) is 0 Å². The molecule has 1 aliphatic heterocycles. The zero-order valence-corrected chi connectivity index (χ0v) is 12.1. The number of nitrogens with zero attached hydrogens (tertiary/aromatic N) is 1. The number of hydrogen-bond acceptors (Lipinski definition) is 3. The van der Waals surface area contributed by atoms with Crippen molar-refractivity contribution in [1.29, 1.82) is 0 Å². The zero-order chi connectivity index (χ0) is 13.5. The number of carbonyl (C=O) groups is 1. The van der Waals surface area contributed by atoms with Crippen LogP contribution in [0.5, 0.6) is 0 Å². The molecule has 0 radical (unpaired) electrons. The Hall–Kier alpha value is -0.610. The molecule has 1 heterocycles. The van der Waals surface area contributed by atoms with Gasteiger partial charge in [0, 0.05) is 25.0 Å². The van der Waals surface area contributed by atoms with Gasteiger partial charge in [0.25, 0.3) is 0 Å². The van der Waals surface area contributed by atoms with E-state index < -0.39 is 0 Å². The van der Waals surface area contributed by atoms with E-state index in [0.29, 0.717) is 18.4 Å². The number of nitrogens with two attached hydrogens (primary N) is 1. The summed E-state index contributed by atoms with van der Waals surface area (Å²) >= 11 is 0. The van der Waals surface area contributed by atoms with Crippen molar-refractivity contribution in [3.8, 4) is 0 Å². The molecule has 1 fully saturated rings. The first kappa shape index (κ1) is 15.4. The molecule has 0 bridgehead atoms. The molecule has 1 rings (SSSR count). The number of amides is 1. The van der Waals surface area contributed by atoms with Gasteiger partial charge in [-0.05, 0) is 45.2 Å². The van der Waals surface area contributed by atoms with Crippen molar-refractivity contribution in [1.82, 2.24) is 10.2 Å². The van der Waals surface area contributed by atoms with Crippen molar-refractivity contribution in [3.63, 3.8) is 0 Å². The summed E-state index contributed by atoms with van der Waals surface area (Å²) in [7, 11) is 0. The Morgan fingerprint density at radius 1 is 1.28 bits per heavy atom. The molecule has 1 saturated heterocycles. The number of nitrogens with one attached hydrogen (secondary N) is 1. The van der Waals surface area contributed by atoms with Gasteiger partial charge >= 0.3 is 0 Å². The van der Waals surface area contributed by atoms with E-state index in [1.54, 1.807) is 0 Å². The highest BCUT2D eigenvalue weighted by atomic mass is 16.1. The monoisotopic (exact) mass is 255 g/mol. The van der Waals surface area contributed by atoms with Crippen LogP contribution in [0, 0.1) is 5.92 Å². The van der Waals surface area contributed by atoms with E-state index >= 15 is 0 Å². The predicted octanol–water partition coefficient (Wildman–Crippen LogP) is 1.35. The van der Waals surface area contributed by atoms with Crippen LogP contribution in [0.4, 0.5) is 0 Å². The topological polar surface area (TPSA) is 58.4 Å². The second-order valence-electron chi connectivity index (χ2n) is 5.87. The van der Waals surface area contributed by atoms with E-state index in [-0.39, 0.29) is 11.9 Å². The summed E-state index contributed by atoms with van der Waals surface area (Å²) in [6.45, 7) is 9.54. The maximum Gasteiger partial charge on any atom is 0.220 e. The minimum atomic E-state index is 0.107. The Balaban J connectivity index is 2.30. The fraction of sp³-hybridized carbons (Fsp3) is 0.929. The minimum absolute atomic E-state index is 0.107. The summed E-state index contributed by atoms with van der Waals surface area (Å²) < 4.78 is 0. The highest BCUT2D eigenvalue weighted by molar-refractivity contribution is 5.75. The smallest absolute Gasteiger partial charge is 0.220 e. The zero-order valence-electron chi connectivity index (χ0n) is 12.1. The largest absolute Gasteiger partial charge is 0.355 e. The van der Waals surface area contributed by atoms with E-state index in [4.69, 9.17) is 5.73 Å². The first-order chi connectivity index (χ1) is 8.50. The molecule has 18 heavy (non-hydrogen) atoms. The van der Waals surface area contributed by atoms with Crippen molar-refractivity contribution in [2.75, 3.05) is 19.6 Å². The van der Waals surface area contributed by atoms with Crippen molar-refractivity contribution < 1.29 is 4.79 Å². The average molecular weight is 255 g/mol. The Morgan fingerprint density at radius 3 is 2.39 bits per heavy atom. The summed E-state index contributed by atoms with van der Waals surface area (Å²) in [6, 6.07) is 0.585. The van der Waals surface area contributed by atoms with Crippen molar-refractivity contribution in [2.24, 2.45) is 11.7 Å². The molecular weight excluding hydrogens is 226 g/mol. The third kappa shape index (κ3) is 5.36. The maximum atomic E-state index is 11.7. The Bertz CT molecular complexity index is 247. The maximum absolute atomic E-state index is 11.7. The van der Waals surface area contributed by atoms with Crippen LogP contribution in [-0.4, -0.2) is 42.5 Å². The second-order valence-corrected chi connectivity index (χ2v) is 5.87. The lowest BCUT2D eigenvalue weighted by atomic mass is 10.0. The molecule has 0 aromatic carbocycles. The van der Waals surface area contributed by atoms with E-state index in [2.05, 4.69) is 24.1 Å². The molecule has 1 amide bonds. The molecule has 106 valence electrons. The van der Waals surface area contributed by atoms with Gasteiger partial charge in [-0.1, -0.05) is 13.8 Å². The van der Waals surface area contributed by atoms with Gasteiger partial charge in [-0.2, -0.15) is 0 Å². The van der Waals surface area contributed by atoms with Crippen LogP contribution in [0.1, 0.15) is 46.5 Å². The van der Waals surface area contributed by atoms with Gasteiger partial charge in [0.15, 0.2) is 0 Å². The molecule has 1 aliphatic rings. The number of rotatable bonds is 7. The number of carbonyl (C=O) groups excluding carboxylic acids is 1. The van der Waals surface area contributed by atoms with Crippen molar-refractivity contribution >= 4 is 5.91 Å². The van der Waals surface area contributed by atoms with Crippen LogP contribution in [-0.2, 0) is 4.79 Å². The standard InChI is InChI=1S/C14H29N3O/c1-11(2)13(17-8-4-5-9-17)10-16-14(18)7-6-12(3)15/h11-13H,4-10,15H2,1-3H3,(H,16,18). The molecule has 0 spiro atoms. The van der Waals surface area contributed by atoms with E-state index in [9.17, 15) is 4.79 Å². The molecule has 3 N–H and O–H groups in total. The molecule has 2 atom stereocenters. The molecular formula is C14H29N3O. The van der Waals surface area contributed by atoms with Gasteiger partial charge in [0.1, 0.15) is 0 Å². The molecule has 0 saturated carbocycles. The quantitative estimate of drug-likeness (QED) is 0.722. The van der Waals surface area contributed by atoms with Gasteiger partial charge < -0.3 is 11.1 Å². The van der Waals surface area contributed by atoms with Gasteiger partial charge in [-0.25, -0.2) is 0 Å². The predicted molar refractivity (Wildman–Crippen MR) is 75.3 cm³/mol. The van der Waals surface area contributed by atoms with Crippen molar-refractivity contribution in [3.05, 3.63) is 0 Å². The molecule has 4 nitrogen and oxygen atoms in total. The van der Waals surface area contributed by atoms with Crippen molar-refractivity contribution in [2.45, 2.75) is 58.5 Å². The van der Waals surface area contributed by atoms with E-state index in [1.165, 1.54) is 25.9 Å². The summed E-state index contributed by atoms with van der Waals surface area (Å²) in [6.07, 6.45) is 3.90. The highest BCUT2D eigenvalue weighted by Crippen LogP contribution is 2.17. The van der Waals surface area contributed by atoms with Crippen LogP contribution in [0.15, 0.2) is 0 Å². The van der Waals surface area contributed by atoms with Crippen LogP contribution in [0.25, 0.3) is 0 Å². The summed E-state index contributed by atoms with van der Waals surface area (Å²) in [5.41, 5.74) is 5.66. The average Bonchev–Trinajstić information content (AvgIpc) is 2.79. The minimum Gasteiger partial charge on any atom is -0.355 e. The molecule has 0 aliphatic carbocycles. The molecule has 4 heteroatoms. The Morgan fingerprint density at radius 2 is 1.89 bits per heavy atom. The third-order valence-corrected chi connectivity index (χ3v) is 3.71. The van der Waals surface area contributed by atoms with Crippen LogP contribution in [0.3, 0.4) is 0 Å². The lowest BCUT2D eigenvalue weighted by molar-refractivity contribution is -0.121. The van der Waals surface area contributed by atoms with Gasteiger partial charge in [0.2, 0.25) is 5.91 Å².